The van der Waals surface area contributed by atoms with Gasteiger partial charge in [-0.3, -0.25) is 19.0 Å². The van der Waals surface area contributed by atoms with Crippen LogP contribution in [-0.2, 0) is 39.9 Å². The van der Waals surface area contributed by atoms with E-state index in [2.05, 4.69) is 20.3 Å². The molecule has 0 radical (unpaired) electrons. The number of benzene rings is 1. The van der Waals surface area contributed by atoms with Crippen LogP contribution in [0.15, 0.2) is 30.6 Å². The Balaban J connectivity index is 1.70. The summed E-state index contributed by atoms with van der Waals surface area (Å²) >= 11 is 1.93. The predicted octanol–water partition coefficient (Wildman–Crippen LogP) is 2.51. The van der Waals surface area contributed by atoms with Crippen LogP contribution in [0, 0.1) is 9.65 Å². The number of hydrogen-bond donors (Lipinski definition) is 1. The minimum absolute atomic E-state index is 0.150. The third kappa shape index (κ3) is 6.12. The van der Waals surface area contributed by atoms with Gasteiger partial charge in [-0.05, 0) is 6.07 Å². The van der Waals surface area contributed by atoms with Crippen molar-refractivity contribution in [3.63, 3.8) is 0 Å². The molecule has 0 spiro atoms. The van der Waals surface area contributed by atoms with Gasteiger partial charge < -0.3 is 24.3 Å². The second-order valence-electron chi connectivity index (χ2n) is 8.13. The zero-order valence-corrected chi connectivity index (χ0v) is 22.2. The second kappa shape index (κ2) is 11.3. The molecule has 37 heavy (non-hydrogen) atoms. The summed E-state index contributed by atoms with van der Waals surface area (Å²) in [6.45, 7) is 3.56. The third-order valence-corrected chi connectivity index (χ3v) is 5.90. The van der Waals surface area contributed by atoms with E-state index in [1.165, 1.54) is 37.7 Å². The van der Waals surface area contributed by atoms with E-state index >= 15 is 0 Å². The van der Waals surface area contributed by atoms with Gasteiger partial charge in [0.05, 0.1) is 6.33 Å². The molecule has 1 saturated heterocycles. The van der Waals surface area contributed by atoms with E-state index < -0.39 is 42.4 Å². The molecule has 0 aliphatic carbocycles. The minimum Gasteiger partial charge on any atom is -0.463 e. The Hall–Kier alpha value is -3.40. The van der Waals surface area contributed by atoms with Crippen molar-refractivity contribution in [2.45, 2.75) is 51.9 Å². The summed E-state index contributed by atoms with van der Waals surface area (Å²) in [5, 5.41) is 3.08. The molecule has 0 unspecified atom stereocenters. The van der Waals surface area contributed by atoms with Gasteiger partial charge in [-0.15, -0.1) is 0 Å². The number of carbonyl (C=O) groups is 3. The molecule has 1 fully saturated rings. The highest BCUT2D eigenvalue weighted by molar-refractivity contribution is 14.1. The number of nitrogens with one attached hydrogen (secondary N) is 1. The maximum Gasteiger partial charge on any atom is 0.303 e. The van der Waals surface area contributed by atoms with E-state index in [0.717, 1.165) is 0 Å². The number of ether oxygens (including phenoxy) is 4. The van der Waals surface area contributed by atoms with Crippen molar-refractivity contribution in [2.75, 3.05) is 11.9 Å². The fourth-order valence-corrected chi connectivity index (χ4v) is 4.41. The number of esters is 3. The summed E-state index contributed by atoms with van der Waals surface area (Å²) in [5.74, 6) is -1.83. The number of rotatable bonds is 8. The Morgan fingerprint density at radius 3 is 2.46 bits per heavy atom. The monoisotopic (exact) mass is 627 g/mol. The van der Waals surface area contributed by atoms with Crippen molar-refractivity contribution in [3.05, 3.63) is 45.8 Å². The van der Waals surface area contributed by atoms with E-state index in [9.17, 15) is 18.8 Å². The maximum atomic E-state index is 14.1. The lowest BCUT2D eigenvalue weighted by atomic mass is 10.1. The number of carbonyl (C=O) groups excluding carboxylic acids is 3. The van der Waals surface area contributed by atoms with Gasteiger partial charge in [0.1, 0.15) is 18.5 Å². The molecular formula is C23H23FIN5O7. The molecule has 3 heterocycles. The maximum absolute atomic E-state index is 14.1. The molecule has 14 heteroatoms. The minimum atomic E-state index is -1.10. The Labute approximate surface area is 224 Å². The zero-order valence-electron chi connectivity index (χ0n) is 20.0. The zero-order chi connectivity index (χ0) is 26.7. The van der Waals surface area contributed by atoms with E-state index in [0.29, 0.717) is 26.4 Å². The molecule has 1 aliphatic rings. The Morgan fingerprint density at radius 1 is 1.08 bits per heavy atom. The molecule has 1 aromatic carbocycles. The van der Waals surface area contributed by atoms with Crippen LogP contribution in [0.25, 0.3) is 11.2 Å². The first-order valence-electron chi connectivity index (χ1n) is 11.1. The summed E-state index contributed by atoms with van der Waals surface area (Å²) in [4.78, 5) is 48.4. The van der Waals surface area contributed by atoms with Crippen LogP contribution in [0.3, 0.4) is 0 Å². The highest BCUT2D eigenvalue weighted by Gasteiger charge is 2.51. The van der Waals surface area contributed by atoms with Gasteiger partial charge in [0.2, 0.25) is 0 Å². The van der Waals surface area contributed by atoms with Crippen LogP contribution < -0.4 is 5.32 Å². The molecule has 2 aromatic heterocycles. The summed E-state index contributed by atoms with van der Waals surface area (Å²) in [7, 11) is 0. The number of nitrogens with zero attached hydrogens (tertiary/aromatic N) is 4. The number of halogens is 2. The van der Waals surface area contributed by atoms with Gasteiger partial charge in [0.25, 0.3) is 0 Å². The lowest BCUT2D eigenvalue weighted by molar-refractivity contribution is -0.166. The molecule has 0 amide bonds. The average Bonchev–Trinajstić information content (AvgIpc) is 3.37. The topological polar surface area (TPSA) is 144 Å². The predicted molar refractivity (Wildman–Crippen MR) is 133 cm³/mol. The standard InChI is InChI=1S/C23H23FIN5O7/c1-11(31)34-9-16-18(35-12(2)32)19(36-13(3)33)22(37-16)30-10-27-17-20(28-23(25)29-21(17)30)26-8-14-6-4-5-7-15(14)24/h4-7,10,16,18-19,22H,8-9H2,1-3H3,(H,26,28,29)/t16-,18+,19+,22+/m0/s1. The van der Waals surface area contributed by atoms with Crippen LogP contribution in [0.5, 0.6) is 0 Å². The number of anilines is 1. The van der Waals surface area contributed by atoms with Crippen LogP contribution >= 0.6 is 22.6 Å². The van der Waals surface area contributed by atoms with E-state index in [4.69, 9.17) is 18.9 Å². The summed E-state index contributed by atoms with van der Waals surface area (Å²) in [6.07, 6.45) is -2.70. The fourth-order valence-electron chi connectivity index (χ4n) is 3.94. The first kappa shape index (κ1) is 26.7. The van der Waals surface area contributed by atoms with Crippen molar-refractivity contribution in [3.8, 4) is 0 Å². The smallest absolute Gasteiger partial charge is 0.303 e. The molecule has 12 nitrogen and oxygen atoms in total. The van der Waals surface area contributed by atoms with Crippen LogP contribution in [0.2, 0.25) is 0 Å². The largest absolute Gasteiger partial charge is 0.463 e. The molecule has 1 N–H and O–H groups in total. The molecule has 4 rings (SSSR count). The van der Waals surface area contributed by atoms with Gasteiger partial charge >= 0.3 is 17.9 Å². The van der Waals surface area contributed by atoms with E-state index in [1.54, 1.807) is 18.2 Å². The van der Waals surface area contributed by atoms with Gasteiger partial charge in [-0.25, -0.2) is 19.3 Å². The van der Waals surface area contributed by atoms with Crippen LogP contribution in [-0.4, -0.2) is 62.3 Å². The number of aromatic nitrogens is 4. The Morgan fingerprint density at radius 2 is 1.78 bits per heavy atom. The molecular weight excluding hydrogens is 604 g/mol. The first-order valence-corrected chi connectivity index (χ1v) is 12.2. The van der Waals surface area contributed by atoms with Gasteiger partial charge in [0.15, 0.2) is 39.2 Å². The SMILES string of the molecule is CC(=O)OC[C@@H]1O[C@@H](n2cnc3c(NCc4ccccc4F)nc(I)nc32)[C@H](OC(C)=O)[C@@H]1OC(C)=O. The highest BCUT2D eigenvalue weighted by Crippen LogP contribution is 2.36. The number of hydrogen-bond acceptors (Lipinski definition) is 11. The van der Waals surface area contributed by atoms with Gasteiger partial charge in [-0.2, -0.15) is 0 Å². The number of imidazole rings is 1. The summed E-state index contributed by atoms with van der Waals surface area (Å²) in [5.41, 5.74) is 1.12. The van der Waals surface area contributed by atoms with Crippen molar-refractivity contribution in [2.24, 2.45) is 0 Å². The lowest BCUT2D eigenvalue weighted by Gasteiger charge is -2.23. The van der Waals surface area contributed by atoms with Crippen LogP contribution in [0.4, 0.5) is 10.2 Å². The summed E-state index contributed by atoms with van der Waals surface area (Å²) < 4.78 is 38.0. The molecule has 196 valence electrons. The van der Waals surface area contributed by atoms with Crippen LogP contribution in [0.1, 0.15) is 32.6 Å². The molecule has 1 aliphatic heterocycles. The van der Waals surface area contributed by atoms with E-state index in [-0.39, 0.29) is 19.0 Å². The molecule has 4 atom stereocenters. The normalized spacial score (nSPS) is 21.0. The van der Waals surface area contributed by atoms with Gasteiger partial charge in [-0.1, -0.05) is 18.2 Å². The van der Waals surface area contributed by atoms with Gasteiger partial charge in [0, 0.05) is 55.5 Å². The van der Waals surface area contributed by atoms with Crippen molar-refractivity contribution < 1.29 is 37.7 Å². The summed E-state index contributed by atoms with van der Waals surface area (Å²) in [6, 6.07) is 6.35. The average molecular weight is 627 g/mol. The quantitative estimate of drug-likeness (QED) is 0.170. The second-order valence-corrected chi connectivity index (χ2v) is 9.09. The third-order valence-electron chi connectivity index (χ3n) is 5.41. The lowest BCUT2D eigenvalue weighted by Crippen LogP contribution is -2.40. The van der Waals surface area contributed by atoms with Crippen molar-refractivity contribution in [1.29, 1.82) is 0 Å². The molecule has 0 saturated carbocycles. The van der Waals surface area contributed by atoms with Crippen molar-refractivity contribution >= 4 is 57.5 Å². The van der Waals surface area contributed by atoms with Crippen molar-refractivity contribution in [1.82, 2.24) is 19.5 Å². The molecule has 0 bridgehead atoms. The number of fused-ring (bicyclic) bond motifs is 1. The molecule has 3 aromatic rings. The van der Waals surface area contributed by atoms with E-state index in [1.807, 2.05) is 22.6 Å². The fraction of sp³-hybridized carbons (Fsp3) is 0.391. The Kier molecular flexibility index (Phi) is 8.16. The first-order chi connectivity index (χ1) is 17.6. The highest BCUT2D eigenvalue weighted by atomic mass is 127. The Bertz CT molecular complexity index is 1340.